The first-order chi connectivity index (χ1) is 11.7. The molecule has 3 amide bonds. The van der Waals surface area contributed by atoms with E-state index in [2.05, 4.69) is 50.6 Å². The van der Waals surface area contributed by atoms with Gasteiger partial charge in [-0.25, -0.2) is 4.79 Å². The van der Waals surface area contributed by atoms with E-state index in [1.807, 2.05) is 6.92 Å². The molecular formula is C18H40N4O3. The van der Waals surface area contributed by atoms with E-state index < -0.39 is 6.03 Å². The molecule has 7 nitrogen and oxygen atoms in total. The van der Waals surface area contributed by atoms with E-state index in [1.54, 1.807) is 6.92 Å². The van der Waals surface area contributed by atoms with Crippen LogP contribution in [-0.4, -0.2) is 43.4 Å². The van der Waals surface area contributed by atoms with Crippen molar-refractivity contribution < 1.29 is 14.4 Å². The molecule has 0 saturated heterocycles. The van der Waals surface area contributed by atoms with Crippen molar-refractivity contribution in [2.75, 3.05) is 13.1 Å². The van der Waals surface area contributed by atoms with Gasteiger partial charge >= 0.3 is 6.03 Å². The Morgan fingerprint density at radius 2 is 1.64 bits per heavy atom. The van der Waals surface area contributed by atoms with Crippen LogP contribution in [0.4, 0.5) is 4.79 Å². The second-order valence-electron chi connectivity index (χ2n) is 6.19. The monoisotopic (exact) mass is 360 g/mol. The number of amides is 3. The molecule has 0 heterocycles. The molecule has 150 valence electrons. The SMILES string of the molecule is CCC(=O)CNC=O.CCC(C)NC(C)C(C)C.CCCNC(N)=O. The van der Waals surface area contributed by atoms with Gasteiger partial charge in [0, 0.05) is 25.0 Å². The fraction of sp³-hybridized carbons (Fsp3) is 0.833. The van der Waals surface area contributed by atoms with E-state index >= 15 is 0 Å². The van der Waals surface area contributed by atoms with Crippen molar-refractivity contribution in [2.45, 2.75) is 79.8 Å². The zero-order chi connectivity index (χ0) is 20.3. The Morgan fingerprint density at radius 1 is 1.08 bits per heavy atom. The molecular weight excluding hydrogens is 320 g/mol. The summed E-state index contributed by atoms with van der Waals surface area (Å²) in [6, 6.07) is 0.870. The molecule has 0 aromatic rings. The van der Waals surface area contributed by atoms with Gasteiger partial charge in [0.2, 0.25) is 6.41 Å². The molecule has 5 N–H and O–H groups in total. The average Bonchev–Trinajstić information content (AvgIpc) is 2.58. The van der Waals surface area contributed by atoms with Gasteiger partial charge in [0.15, 0.2) is 5.78 Å². The molecule has 0 radical (unpaired) electrons. The van der Waals surface area contributed by atoms with Crippen LogP contribution in [0.15, 0.2) is 0 Å². The van der Waals surface area contributed by atoms with Crippen LogP contribution in [0.5, 0.6) is 0 Å². The first-order valence-corrected chi connectivity index (χ1v) is 9.14. The summed E-state index contributed by atoms with van der Waals surface area (Å²) in [5.41, 5.74) is 4.73. The molecule has 0 spiro atoms. The Morgan fingerprint density at radius 3 is 1.92 bits per heavy atom. The van der Waals surface area contributed by atoms with Crippen molar-refractivity contribution in [2.24, 2.45) is 11.7 Å². The second kappa shape index (κ2) is 20.4. The predicted octanol–water partition coefficient (Wildman–Crippen LogP) is 2.20. The van der Waals surface area contributed by atoms with Crippen molar-refractivity contribution in [3.63, 3.8) is 0 Å². The number of urea groups is 1. The molecule has 2 unspecified atom stereocenters. The maximum Gasteiger partial charge on any atom is 0.312 e. The van der Waals surface area contributed by atoms with Crippen LogP contribution in [-0.2, 0) is 9.59 Å². The highest BCUT2D eigenvalue weighted by atomic mass is 16.2. The lowest BCUT2D eigenvalue weighted by molar-refractivity contribution is -0.120. The lowest BCUT2D eigenvalue weighted by Crippen LogP contribution is -2.37. The fourth-order valence-corrected chi connectivity index (χ4v) is 1.29. The zero-order valence-electron chi connectivity index (χ0n) is 17.1. The summed E-state index contributed by atoms with van der Waals surface area (Å²) in [5.74, 6) is 0.797. The Labute approximate surface area is 153 Å². The standard InChI is InChI=1S/C9H21N.C5H9NO2.C4H10N2O/c1-6-8(4)10-9(5)7(2)3;1-2-5(8)3-6-4-7;1-2-3-6-4(5)7/h7-10H,6H2,1-5H3;4H,2-3H2,1H3,(H,6,7);2-3H2,1H3,(H3,5,6,7). The van der Waals surface area contributed by atoms with E-state index in [0.717, 1.165) is 12.3 Å². The molecule has 0 fully saturated rings. The second-order valence-corrected chi connectivity index (χ2v) is 6.19. The normalized spacial score (nSPS) is 11.8. The summed E-state index contributed by atoms with van der Waals surface area (Å²) >= 11 is 0. The molecule has 0 saturated carbocycles. The van der Waals surface area contributed by atoms with Crippen molar-refractivity contribution in [1.29, 1.82) is 0 Å². The predicted molar refractivity (Wildman–Crippen MR) is 104 cm³/mol. The number of nitrogens with two attached hydrogens (primary N) is 1. The van der Waals surface area contributed by atoms with Gasteiger partial charge in [-0.15, -0.1) is 0 Å². The van der Waals surface area contributed by atoms with Crippen LogP contribution >= 0.6 is 0 Å². The molecule has 0 aliphatic rings. The van der Waals surface area contributed by atoms with Gasteiger partial charge < -0.3 is 21.7 Å². The largest absolute Gasteiger partial charge is 0.352 e. The van der Waals surface area contributed by atoms with Crippen molar-refractivity contribution in [3.05, 3.63) is 0 Å². The minimum Gasteiger partial charge on any atom is -0.352 e. The van der Waals surface area contributed by atoms with Crippen molar-refractivity contribution in [3.8, 4) is 0 Å². The van der Waals surface area contributed by atoms with Gasteiger partial charge in [-0.2, -0.15) is 0 Å². The Bertz CT molecular complexity index is 336. The maximum atomic E-state index is 10.3. The smallest absolute Gasteiger partial charge is 0.312 e. The van der Waals surface area contributed by atoms with E-state index in [4.69, 9.17) is 5.73 Å². The summed E-state index contributed by atoms with van der Waals surface area (Å²) < 4.78 is 0. The van der Waals surface area contributed by atoms with Gasteiger partial charge in [-0.1, -0.05) is 34.6 Å². The Kier molecular flexibility index (Phi) is 23.0. The maximum absolute atomic E-state index is 10.3. The summed E-state index contributed by atoms with van der Waals surface area (Å²) in [6.07, 6.45) is 3.16. The number of nitrogens with one attached hydrogen (secondary N) is 3. The van der Waals surface area contributed by atoms with Crippen molar-refractivity contribution in [1.82, 2.24) is 16.0 Å². The van der Waals surface area contributed by atoms with Gasteiger partial charge in [0.1, 0.15) is 0 Å². The van der Waals surface area contributed by atoms with E-state index in [0.29, 0.717) is 31.5 Å². The zero-order valence-corrected chi connectivity index (χ0v) is 17.1. The molecule has 2 atom stereocenters. The Hall–Kier alpha value is -1.63. The number of primary amides is 1. The number of Topliss-reactive ketones (excluding diaryl/α,β-unsaturated/α-hetero) is 1. The number of rotatable bonds is 10. The minimum atomic E-state index is -0.443. The summed E-state index contributed by atoms with van der Waals surface area (Å²) in [5, 5.41) is 8.23. The van der Waals surface area contributed by atoms with E-state index in [1.165, 1.54) is 6.42 Å². The van der Waals surface area contributed by atoms with Crippen LogP contribution in [0, 0.1) is 5.92 Å². The van der Waals surface area contributed by atoms with E-state index in [-0.39, 0.29) is 12.3 Å². The molecule has 0 aliphatic carbocycles. The molecule has 0 rings (SSSR count). The molecule has 0 bridgehead atoms. The lowest BCUT2D eigenvalue weighted by atomic mass is 10.1. The number of ketones is 1. The van der Waals surface area contributed by atoms with Gasteiger partial charge in [0.25, 0.3) is 0 Å². The molecule has 7 heteroatoms. The molecule has 0 aliphatic heterocycles. The first kappa shape index (κ1) is 28.2. The third kappa shape index (κ3) is 27.5. The Balaban J connectivity index is -0.000000296. The minimum absolute atomic E-state index is 0.0529. The number of hydrogen-bond acceptors (Lipinski definition) is 4. The van der Waals surface area contributed by atoms with Crippen LogP contribution in [0.1, 0.15) is 67.7 Å². The lowest BCUT2D eigenvalue weighted by Gasteiger charge is -2.21. The summed E-state index contributed by atoms with van der Waals surface area (Å²) in [6.45, 7) is 15.8. The number of hydrogen-bond donors (Lipinski definition) is 4. The van der Waals surface area contributed by atoms with Gasteiger partial charge in [0.05, 0.1) is 6.54 Å². The van der Waals surface area contributed by atoms with Crippen LogP contribution < -0.4 is 21.7 Å². The van der Waals surface area contributed by atoms with Crippen LogP contribution in [0.3, 0.4) is 0 Å². The van der Waals surface area contributed by atoms with Gasteiger partial charge in [-0.3, -0.25) is 9.59 Å². The van der Waals surface area contributed by atoms with Crippen LogP contribution in [0.2, 0.25) is 0 Å². The fourth-order valence-electron chi connectivity index (χ4n) is 1.29. The van der Waals surface area contributed by atoms with Crippen molar-refractivity contribution >= 4 is 18.2 Å². The summed E-state index contributed by atoms with van der Waals surface area (Å²) in [7, 11) is 0. The van der Waals surface area contributed by atoms with Gasteiger partial charge in [-0.05, 0) is 32.6 Å². The van der Waals surface area contributed by atoms with E-state index in [9.17, 15) is 14.4 Å². The quantitative estimate of drug-likeness (QED) is 0.447. The third-order valence-corrected chi connectivity index (χ3v) is 3.49. The molecule has 25 heavy (non-hydrogen) atoms. The highest BCUT2D eigenvalue weighted by Crippen LogP contribution is 2.02. The number of carbonyl (C=O) groups excluding carboxylic acids is 3. The summed E-state index contributed by atoms with van der Waals surface area (Å²) in [4.78, 5) is 29.8. The number of carbonyl (C=O) groups is 3. The highest BCUT2D eigenvalue weighted by molar-refractivity contribution is 5.81. The molecule has 0 aromatic heterocycles. The topological polar surface area (TPSA) is 113 Å². The molecule has 0 aromatic carbocycles. The average molecular weight is 361 g/mol. The van der Waals surface area contributed by atoms with Crippen LogP contribution in [0.25, 0.3) is 0 Å². The first-order valence-electron chi connectivity index (χ1n) is 9.14. The highest BCUT2D eigenvalue weighted by Gasteiger charge is 2.08. The third-order valence-electron chi connectivity index (χ3n) is 3.49.